The van der Waals surface area contributed by atoms with E-state index in [0.717, 1.165) is 0 Å². The summed E-state index contributed by atoms with van der Waals surface area (Å²) in [5.41, 5.74) is -2.46. The summed E-state index contributed by atoms with van der Waals surface area (Å²) < 4.78 is 59.7. The lowest BCUT2D eigenvalue weighted by atomic mass is 10.2. The molecule has 0 saturated carbocycles. The Balaban J connectivity index is 3.66. The van der Waals surface area contributed by atoms with Crippen LogP contribution < -0.4 is 0 Å². The average molecular weight is 290 g/mol. The lowest BCUT2D eigenvalue weighted by Gasteiger charge is -2.06. The van der Waals surface area contributed by atoms with E-state index in [1.807, 2.05) is 0 Å². The van der Waals surface area contributed by atoms with E-state index in [1.54, 1.807) is 0 Å². The molecule has 0 amide bonds. The zero-order chi connectivity index (χ0) is 13.4. The number of nitro benzene ring substituents is 1. The molecule has 0 heterocycles. The van der Waals surface area contributed by atoms with E-state index >= 15 is 0 Å². The van der Waals surface area contributed by atoms with Gasteiger partial charge in [-0.05, 0) is 6.07 Å². The molecule has 1 aromatic rings. The van der Waals surface area contributed by atoms with Gasteiger partial charge < -0.3 is 0 Å². The van der Waals surface area contributed by atoms with Gasteiger partial charge in [0, 0.05) is 22.3 Å². The standard InChI is InChI=1S/C7H3ClF3NO4S/c8-17(15,16)6-2-5(12(13)14)4(9)1-3(6)7(10)11/h1-2,7H. The van der Waals surface area contributed by atoms with Gasteiger partial charge >= 0.3 is 5.69 Å². The molecule has 0 atom stereocenters. The maximum Gasteiger partial charge on any atom is 0.306 e. The predicted octanol–water partition coefficient (Wildman–Crippen LogP) is 2.60. The summed E-state index contributed by atoms with van der Waals surface area (Å²) in [5.74, 6) is -1.56. The maximum absolute atomic E-state index is 13.0. The normalized spacial score (nSPS) is 11.8. The highest BCUT2D eigenvalue weighted by Gasteiger charge is 2.28. The Morgan fingerprint density at radius 2 is 1.88 bits per heavy atom. The molecule has 1 aromatic carbocycles. The largest absolute Gasteiger partial charge is 0.306 e. The van der Waals surface area contributed by atoms with Crippen molar-refractivity contribution in [1.82, 2.24) is 0 Å². The zero-order valence-electron chi connectivity index (χ0n) is 7.73. The fourth-order valence-corrected chi connectivity index (χ4v) is 2.16. The molecule has 0 aliphatic heterocycles. The van der Waals surface area contributed by atoms with Gasteiger partial charge in [0.15, 0.2) is 0 Å². The van der Waals surface area contributed by atoms with E-state index in [1.165, 1.54) is 0 Å². The van der Waals surface area contributed by atoms with Crippen molar-refractivity contribution in [2.75, 3.05) is 0 Å². The van der Waals surface area contributed by atoms with Gasteiger partial charge in [0.2, 0.25) is 5.82 Å². The molecule has 0 saturated heterocycles. The van der Waals surface area contributed by atoms with Crippen LogP contribution in [0.5, 0.6) is 0 Å². The Bertz CT molecular complexity index is 575. The Morgan fingerprint density at radius 1 is 1.35 bits per heavy atom. The van der Waals surface area contributed by atoms with Crippen LogP contribution in [0.4, 0.5) is 18.9 Å². The molecule has 0 aromatic heterocycles. The highest BCUT2D eigenvalue weighted by molar-refractivity contribution is 8.13. The summed E-state index contributed by atoms with van der Waals surface area (Å²) in [5, 5.41) is 10.3. The molecule has 0 bridgehead atoms. The van der Waals surface area contributed by atoms with Crippen molar-refractivity contribution in [3.8, 4) is 0 Å². The first kappa shape index (κ1) is 13.7. The van der Waals surface area contributed by atoms with Gasteiger partial charge in [0.1, 0.15) is 0 Å². The lowest BCUT2D eigenvalue weighted by molar-refractivity contribution is -0.387. The van der Waals surface area contributed by atoms with Crippen molar-refractivity contribution in [1.29, 1.82) is 0 Å². The zero-order valence-corrected chi connectivity index (χ0v) is 9.30. The smallest absolute Gasteiger partial charge is 0.258 e. The van der Waals surface area contributed by atoms with Gasteiger partial charge in [-0.2, -0.15) is 4.39 Å². The maximum atomic E-state index is 13.0. The number of benzene rings is 1. The van der Waals surface area contributed by atoms with Crippen LogP contribution in [0.1, 0.15) is 12.0 Å². The van der Waals surface area contributed by atoms with Crippen LogP contribution in [-0.4, -0.2) is 13.3 Å². The molecule has 0 aliphatic rings. The van der Waals surface area contributed by atoms with E-state index in [4.69, 9.17) is 10.7 Å². The third kappa shape index (κ3) is 2.86. The SMILES string of the molecule is O=[N+]([O-])c1cc(S(=O)(=O)Cl)c(C(F)F)cc1F. The molecule has 10 heteroatoms. The highest BCUT2D eigenvalue weighted by Crippen LogP contribution is 2.33. The third-order valence-electron chi connectivity index (χ3n) is 1.77. The Morgan fingerprint density at radius 3 is 2.24 bits per heavy atom. The van der Waals surface area contributed by atoms with Crippen molar-refractivity contribution in [3.05, 3.63) is 33.6 Å². The molecular formula is C7H3ClF3NO4S. The van der Waals surface area contributed by atoms with Crippen LogP contribution in [0, 0.1) is 15.9 Å². The van der Waals surface area contributed by atoms with Crippen LogP contribution in [0.15, 0.2) is 17.0 Å². The first-order chi connectivity index (χ1) is 7.64. The number of hydrogen-bond acceptors (Lipinski definition) is 4. The second-order valence-corrected chi connectivity index (χ2v) is 5.37. The number of nitrogens with zero attached hydrogens (tertiary/aromatic N) is 1. The van der Waals surface area contributed by atoms with Gasteiger partial charge in [0.25, 0.3) is 15.5 Å². The minimum atomic E-state index is -4.63. The van der Waals surface area contributed by atoms with Crippen molar-refractivity contribution in [2.24, 2.45) is 0 Å². The molecule has 94 valence electrons. The van der Waals surface area contributed by atoms with Gasteiger partial charge in [-0.1, -0.05) is 0 Å². The van der Waals surface area contributed by atoms with Crippen LogP contribution in [-0.2, 0) is 9.05 Å². The Hall–Kier alpha value is -1.35. The minimum absolute atomic E-state index is 0.0814. The van der Waals surface area contributed by atoms with Crippen molar-refractivity contribution < 1.29 is 26.5 Å². The molecule has 0 spiro atoms. The summed E-state index contributed by atoms with van der Waals surface area (Å²) in [6.45, 7) is 0. The third-order valence-corrected chi connectivity index (χ3v) is 3.15. The minimum Gasteiger partial charge on any atom is -0.258 e. The van der Waals surface area contributed by atoms with Gasteiger partial charge in [-0.15, -0.1) is 0 Å². The van der Waals surface area contributed by atoms with Crippen LogP contribution >= 0.6 is 10.7 Å². The lowest BCUT2D eigenvalue weighted by Crippen LogP contribution is -2.03. The van der Waals surface area contributed by atoms with Crippen molar-refractivity contribution in [2.45, 2.75) is 11.3 Å². The molecule has 5 nitrogen and oxygen atoms in total. The summed E-state index contributed by atoms with van der Waals surface area (Å²) in [6, 6.07) is 0.247. The fourth-order valence-electron chi connectivity index (χ4n) is 1.08. The van der Waals surface area contributed by atoms with E-state index in [0.29, 0.717) is 0 Å². The first-order valence-electron chi connectivity index (χ1n) is 3.85. The summed E-state index contributed by atoms with van der Waals surface area (Å²) in [4.78, 5) is 7.90. The molecule has 17 heavy (non-hydrogen) atoms. The number of nitro groups is 1. The molecule has 1 rings (SSSR count). The van der Waals surface area contributed by atoms with Crippen LogP contribution in [0.3, 0.4) is 0 Å². The quantitative estimate of drug-likeness (QED) is 0.487. The molecule has 0 unspecified atom stereocenters. The van der Waals surface area contributed by atoms with E-state index in [9.17, 15) is 31.7 Å². The highest BCUT2D eigenvalue weighted by atomic mass is 35.7. The van der Waals surface area contributed by atoms with Crippen molar-refractivity contribution in [3.63, 3.8) is 0 Å². The van der Waals surface area contributed by atoms with Gasteiger partial charge in [0.05, 0.1) is 9.82 Å². The molecule has 0 radical (unpaired) electrons. The van der Waals surface area contributed by atoms with Crippen molar-refractivity contribution >= 4 is 25.4 Å². The summed E-state index contributed by atoms with van der Waals surface area (Å²) >= 11 is 0. The molecule has 0 aliphatic carbocycles. The van der Waals surface area contributed by atoms with E-state index in [-0.39, 0.29) is 12.1 Å². The molecular weight excluding hydrogens is 287 g/mol. The molecule has 0 fully saturated rings. The number of rotatable bonds is 3. The summed E-state index contributed by atoms with van der Waals surface area (Å²) in [7, 11) is 0.200. The monoisotopic (exact) mass is 289 g/mol. The van der Waals surface area contributed by atoms with Gasteiger partial charge in [-0.25, -0.2) is 17.2 Å². The first-order valence-corrected chi connectivity index (χ1v) is 6.16. The van der Waals surface area contributed by atoms with E-state index < -0.39 is 42.4 Å². The van der Waals surface area contributed by atoms with Crippen LogP contribution in [0.25, 0.3) is 0 Å². The summed E-state index contributed by atoms with van der Waals surface area (Å²) in [6.07, 6.45) is -3.33. The Labute approximate surface area is 97.4 Å². The van der Waals surface area contributed by atoms with E-state index in [2.05, 4.69) is 0 Å². The van der Waals surface area contributed by atoms with Crippen LogP contribution in [0.2, 0.25) is 0 Å². The topological polar surface area (TPSA) is 77.3 Å². The Kier molecular flexibility index (Phi) is 3.62. The number of hydrogen-bond donors (Lipinski definition) is 0. The molecule has 0 N–H and O–H groups in total. The average Bonchev–Trinajstić information content (AvgIpc) is 2.14. The second kappa shape index (κ2) is 4.49. The number of alkyl halides is 2. The number of halogens is 4. The second-order valence-electron chi connectivity index (χ2n) is 2.84. The predicted molar refractivity (Wildman–Crippen MR) is 51.1 cm³/mol. The van der Waals surface area contributed by atoms with Gasteiger partial charge in [-0.3, -0.25) is 10.1 Å². The fraction of sp³-hybridized carbons (Fsp3) is 0.143.